The Kier molecular flexibility index (Phi) is 4.23. The van der Waals surface area contributed by atoms with Crippen LogP contribution in [0.15, 0.2) is 40.3 Å². The van der Waals surface area contributed by atoms with Gasteiger partial charge in [-0.1, -0.05) is 0 Å². The predicted octanol–water partition coefficient (Wildman–Crippen LogP) is 3.37. The number of thioether (sulfide) groups is 1. The number of aryl methyl sites for hydroxylation is 2. The van der Waals surface area contributed by atoms with Gasteiger partial charge in [-0.3, -0.25) is 0 Å². The van der Waals surface area contributed by atoms with Gasteiger partial charge in [0.2, 0.25) is 0 Å². The molecule has 128 valence electrons. The van der Waals surface area contributed by atoms with E-state index in [2.05, 4.69) is 54.6 Å². The third-order valence-corrected chi connectivity index (χ3v) is 8.83. The molecular weight excluding hydrogens is 448 g/mol. The summed E-state index contributed by atoms with van der Waals surface area (Å²) in [6.07, 6.45) is 2.28. The molecule has 1 aliphatic rings. The Labute approximate surface area is 160 Å². The SMILES string of the molecule is CCN1C(=Cc2[te]c3ccc(C)cc3[n+]2C)Sc2cc(O)c(O)cc21. The van der Waals surface area contributed by atoms with Gasteiger partial charge in [0.1, 0.15) is 0 Å². The van der Waals surface area contributed by atoms with Gasteiger partial charge < -0.3 is 0 Å². The summed E-state index contributed by atoms with van der Waals surface area (Å²) in [5, 5.41) is 20.8. The van der Waals surface area contributed by atoms with Gasteiger partial charge in [0.05, 0.1) is 0 Å². The molecule has 0 amide bonds. The van der Waals surface area contributed by atoms with E-state index in [4.69, 9.17) is 0 Å². The number of aromatic nitrogens is 1. The van der Waals surface area contributed by atoms with Crippen LogP contribution in [0.1, 0.15) is 16.2 Å². The van der Waals surface area contributed by atoms with Crippen LogP contribution in [0.4, 0.5) is 5.69 Å². The van der Waals surface area contributed by atoms with Crippen molar-refractivity contribution in [2.45, 2.75) is 18.7 Å². The molecule has 3 aromatic rings. The zero-order valence-electron chi connectivity index (χ0n) is 14.3. The molecule has 0 unspecified atom stereocenters. The van der Waals surface area contributed by atoms with Crippen LogP contribution in [0.5, 0.6) is 11.5 Å². The van der Waals surface area contributed by atoms with Crippen LogP contribution in [0.25, 0.3) is 15.0 Å². The summed E-state index contributed by atoms with van der Waals surface area (Å²) in [6, 6.07) is 10.0. The summed E-state index contributed by atoms with van der Waals surface area (Å²) in [5.74, 6) is -0.132. The topological polar surface area (TPSA) is 47.6 Å². The van der Waals surface area contributed by atoms with Crippen molar-refractivity contribution in [3.63, 3.8) is 0 Å². The van der Waals surface area contributed by atoms with Crippen LogP contribution >= 0.6 is 11.8 Å². The van der Waals surface area contributed by atoms with Crippen LogP contribution in [-0.4, -0.2) is 37.2 Å². The van der Waals surface area contributed by atoms with Gasteiger partial charge in [-0.05, 0) is 0 Å². The summed E-state index contributed by atoms with van der Waals surface area (Å²) in [7, 11) is 2.14. The molecule has 4 rings (SSSR count). The van der Waals surface area contributed by atoms with Gasteiger partial charge in [-0.2, -0.15) is 0 Å². The normalized spacial score (nSPS) is 15.3. The van der Waals surface area contributed by atoms with Crippen LogP contribution in [-0.2, 0) is 7.05 Å². The van der Waals surface area contributed by atoms with Gasteiger partial charge in [-0.25, -0.2) is 0 Å². The van der Waals surface area contributed by atoms with Crippen LogP contribution < -0.4 is 9.47 Å². The van der Waals surface area contributed by atoms with E-state index >= 15 is 0 Å². The molecule has 0 bridgehead atoms. The van der Waals surface area contributed by atoms with Gasteiger partial charge >= 0.3 is 161 Å². The first kappa shape index (κ1) is 16.8. The molecule has 0 fully saturated rings. The Morgan fingerprint density at radius 2 is 1.96 bits per heavy atom. The number of aromatic hydroxyl groups is 2. The first-order valence-electron chi connectivity index (χ1n) is 8.10. The van der Waals surface area contributed by atoms with E-state index < -0.39 is 20.4 Å². The maximum absolute atomic E-state index is 9.84. The van der Waals surface area contributed by atoms with Gasteiger partial charge in [0.25, 0.3) is 0 Å². The summed E-state index contributed by atoms with van der Waals surface area (Å²) in [4.78, 5) is 3.18. The second-order valence-corrected chi connectivity index (χ2v) is 10.2. The summed E-state index contributed by atoms with van der Waals surface area (Å²) in [5.41, 5.74) is 3.58. The zero-order chi connectivity index (χ0) is 17.7. The van der Waals surface area contributed by atoms with E-state index in [1.165, 1.54) is 18.2 Å². The number of hydrogen-bond acceptors (Lipinski definition) is 4. The number of benzene rings is 2. The van der Waals surface area contributed by atoms with Crippen LogP contribution in [0, 0.1) is 6.92 Å². The molecule has 1 aromatic heterocycles. The van der Waals surface area contributed by atoms with E-state index in [-0.39, 0.29) is 11.5 Å². The monoisotopic (exact) mass is 469 g/mol. The number of hydrogen-bond donors (Lipinski definition) is 2. The summed E-state index contributed by atoms with van der Waals surface area (Å²) in [6.45, 7) is 5.05. The van der Waals surface area contributed by atoms with Crippen molar-refractivity contribution >= 4 is 52.9 Å². The third-order valence-electron chi connectivity index (χ3n) is 4.41. The average Bonchev–Trinajstić information content (AvgIpc) is 3.06. The van der Waals surface area contributed by atoms with Crippen molar-refractivity contribution in [2.24, 2.45) is 7.05 Å². The predicted molar refractivity (Wildman–Crippen MR) is 103 cm³/mol. The molecular formula is C19H19N2O2STe+. The molecule has 0 radical (unpaired) electrons. The van der Waals surface area contributed by atoms with Crippen molar-refractivity contribution in [3.8, 4) is 11.5 Å². The minimum atomic E-state index is -0.405. The molecule has 6 heteroatoms. The first-order valence-corrected chi connectivity index (χ1v) is 11.2. The number of fused-ring (bicyclic) bond motifs is 2. The molecule has 25 heavy (non-hydrogen) atoms. The van der Waals surface area contributed by atoms with Crippen LogP contribution in [0.3, 0.4) is 0 Å². The van der Waals surface area contributed by atoms with Crippen LogP contribution in [0.2, 0.25) is 0 Å². The second kappa shape index (κ2) is 6.28. The van der Waals surface area contributed by atoms with E-state index in [1.54, 1.807) is 23.9 Å². The second-order valence-electron chi connectivity index (χ2n) is 6.11. The molecule has 0 saturated carbocycles. The molecule has 0 atom stereocenters. The van der Waals surface area contributed by atoms with Crippen molar-refractivity contribution in [1.82, 2.24) is 0 Å². The number of anilines is 1. The Morgan fingerprint density at radius 1 is 1.20 bits per heavy atom. The number of rotatable bonds is 2. The van der Waals surface area contributed by atoms with Crippen molar-refractivity contribution in [1.29, 1.82) is 0 Å². The Balaban J connectivity index is 1.81. The minimum absolute atomic E-state index is 0.0640. The van der Waals surface area contributed by atoms with Crippen molar-refractivity contribution in [2.75, 3.05) is 11.4 Å². The molecule has 2 aromatic carbocycles. The molecule has 2 N–H and O–H groups in total. The molecule has 2 heterocycles. The van der Waals surface area contributed by atoms with E-state index in [0.29, 0.717) is 0 Å². The summed E-state index contributed by atoms with van der Waals surface area (Å²) < 4.78 is 5.17. The van der Waals surface area contributed by atoms with E-state index in [1.807, 2.05) is 0 Å². The zero-order valence-corrected chi connectivity index (χ0v) is 17.4. The Bertz CT molecular complexity index is 1030. The Hall–Kier alpha value is -1.61. The molecule has 0 spiro atoms. The standard InChI is InChI=1S/C19H18N2O2STe/c1-4-21-12-8-14(22)15(23)9-16(12)24-18(21)10-19-20(3)13-7-11(2)5-6-17(13)25-19/h5-10H,4H2,1-3H3,(H-,22,23)/p+1. The molecule has 1 aliphatic heterocycles. The number of nitrogens with zero attached hydrogens (tertiary/aromatic N) is 2. The van der Waals surface area contributed by atoms with Crippen molar-refractivity contribution in [3.05, 3.63) is 44.6 Å². The Morgan fingerprint density at radius 3 is 2.72 bits per heavy atom. The summed E-state index contributed by atoms with van der Waals surface area (Å²) >= 11 is 1.25. The molecule has 0 saturated heterocycles. The van der Waals surface area contributed by atoms with E-state index in [0.717, 1.165) is 22.2 Å². The fourth-order valence-electron chi connectivity index (χ4n) is 3.07. The van der Waals surface area contributed by atoms with Gasteiger partial charge in [0, 0.05) is 0 Å². The maximum atomic E-state index is 9.84. The number of phenols is 2. The first-order chi connectivity index (χ1) is 12.0. The van der Waals surface area contributed by atoms with Crippen molar-refractivity contribution < 1.29 is 14.8 Å². The number of phenolic OH excluding ortho intramolecular Hbond substituents is 2. The fraction of sp³-hybridized carbons (Fsp3) is 0.211. The fourth-order valence-corrected chi connectivity index (χ4v) is 7.52. The third kappa shape index (κ3) is 2.83. The average molecular weight is 467 g/mol. The molecule has 0 aliphatic carbocycles. The van der Waals surface area contributed by atoms with E-state index in [9.17, 15) is 10.2 Å². The quantitative estimate of drug-likeness (QED) is 0.345. The molecule has 4 nitrogen and oxygen atoms in total. The van der Waals surface area contributed by atoms with Gasteiger partial charge in [0.15, 0.2) is 0 Å². The van der Waals surface area contributed by atoms with Gasteiger partial charge in [-0.15, -0.1) is 0 Å².